The highest BCUT2D eigenvalue weighted by Crippen LogP contribution is 2.50. The Morgan fingerprint density at radius 3 is 2.62 bits per heavy atom. The lowest BCUT2D eigenvalue weighted by molar-refractivity contribution is -0.142. The largest absolute Gasteiger partial charge is 0.444 e. The Labute approximate surface area is 145 Å². The molecule has 6 nitrogen and oxygen atoms in total. The summed E-state index contributed by atoms with van der Waals surface area (Å²) in [6.45, 7) is 9.23. The van der Waals surface area contributed by atoms with Crippen LogP contribution in [0.1, 0.15) is 46.5 Å². The number of carbonyl (C=O) groups is 1. The van der Waals surface area contributed by atoms with Crippen molar-refractivity contribution in [2.45, 2.75) is 63.7 Å². The van der Waals surface area contributed by atoms with Crippen LogP contribution in [0.3, 0.4) is 0 Å². The molecule has 2 saturated heterocycles. The van der Waals surface area contributed by atoms with Gasteiger partial charge in [-0.1, -0.05) is 6.42 Å². The van der Waals surface area contributed by atoms with Gasteiger partial charge in [0, 0.05) is 44.7 Å². The van der Waals surface area contributed by atoms with Crippen molar-refractivity contribution in [1.29, 1.82) is 0 Å². The van der Waals surface area contributed by atoms with Gasteiger partial charge in [0.25, 0.3) is 0 Å². The SMILES string of the molecule is COCC1(O)CN(CC23CCCC2N(C(=O)OC(C)(C)C)CC3)C1. The molecule has 3 aliphatic rings. The fraction of sp³-hybridized carbons (Fsp3) is 0.944. The zero-order valence-corrected chi connectivity index (χ0v) is 15.5. The number of methoxy groups -OCH3 is 1. The molecule has 0 aromatic carbocycles. The maximum absolute atomic E-state index is 12.5. The summed E-state index contributed by atoms with van der Waals surface area (Å²) in [5.41, 5.74) is -0.969. The van der Waals surface area contributed by atoms with E-state index in [4.69, 9.17) is 9.47 Å². The van der Waals surface area contributed by atoms with E-state index in [1.54, 1.807) is 7.11 Å². The standard InChI is InChI=1S/C18H32N2O4/c1-16(2,3)24-15(21)20-9-8-17(7-5-6-14(17)20)10-19-11-18(22,12-19)13-23-4/h14,22H,5-13H2,1-4H3. The molecule has 1 saturated carbocycles. The minimum Gasteiger partial charge on any atom is -0.444 e. The summed E-state index contributed by atoms with van der Waals surface area (Å²) in [7, 11) is 1.63. The highest BCUT2D eigenvalue weighted by molar-refractivity contribution is 5.69. The highest BCUT2D eigenvalue weighted by Gasteiger charge is 2.55. The van der Waals surface area contributed by atoms with Gasteiger partial charge in [-0.3, -0.25) is 4.90 Å². The van der Waals surface area contributed by atoms with Gasteiger partial charge in [0.1, 0.15) is 11.2 Å². The Balaban J connectivity index is 1.61. The van der Waals surface area contributed by atoms with Gasteiger partial charge in [0.15, 0.2) is 0 Å². The zero-order valence-electron chi connectivity index (χ0n) is 15.5. The number of nitrogens with zero attached hydrogens (tertiary/aromatic N) is 2. The third kappa shape index (κ3) is 3.41. The molecule has 24 heavy (non-hydrogen) atoms. The average Bonchev–Trinajstić information content (AvgIpc) is 2.93. The predicted octanol–water partition coefficient (Wildman–Crippen LogP) is 1.86. The summed E-state index contributed by atoms with van der Waals surface area (Å²) in [5.74, 6) is 0. The van der Waals surface area contributed by atoms with Gasteiger partial charge in [-0.2, -0.15) is 0 Å². The van der Waals surface area contributed by atoms with Crippen LogP contribution in [0.25, 0.3) is 0 Å². The van der Waals surface area contributed by atoms with Gasteiger partial charge in [-0.15, -0.1) is 0 Å². The normalized spacial score (nSPS) is 32.5. The summed E-state index contributed by atoms with van der Waals surface area (Å²) in [6, 6.07) is 0.281. The maximum atomic E-state index is 12.5. The highest BCUT2D eigenvalue weighted by atomic mass is 16.6. The van der Waals surface area contributed by atoms with Gasteiger partial charge >= 0.3 is 6.09 Å². The first-order valence-electron chi connectivity index (χ1n) is 9.10. The first kappa shape index (κ1) is 18.0. The number of ether oxygens (including phenoxy) is 2. The second kappa shape index (κ2) is 6.15. The van der Waals surface area contributed by atoms with E-state index >= 15 is 0 Å². The lowest BCUT2D eigenvalue weighted by Crippen LogP contribution is -2.66. The van der Waals surface area contributed by atoms with Crippen LogP contribution in [-0.2, 0) is 9.47 Å². The molecule has 0 aromatic rings. The van der Waals surface area contributed by atoms with Crippen molar-refractivity contribution in [2.24, 2.45) is 5.41 Å². The summed E-state index contributed by atoms with van der Waals surface area (Å²) in [5, 5.41) is 10.3. The first-order chi connectivity index (χ1) is 11.2. The van der Waals surface area contributed by atoms with Gasteiger partial charge in [-0.25, -0.2) is 4.79 Å². The van der Waals surface area contributed by atoms with Crippen LogP contribution in [0.5, 0.6) is 0 Å². The van der Waals surface area contributed by atoms with E-state index in [1.165, 1.54) is 6.42 Å². The quantitative estimate of drug-likeness (QED) is 0.846. The Bertz CT molecular complexity index is 484. The summed E-state index contributed by atoms with van der Waals surface area (Å²) in [6.07, 6.45) is 4.26. The monoisotopic (exact) mass is 340 g/mol. The van der Waals surface area contributed by atoms with Crippen LogP contribution >= 0.6 is 0 Å². The number of aliphatic hydroxyl groups is 1. The second-order valence-electron chi connectivity index (χ2n) is 9.00. The van der Waals surface area contributed by atoms with Crippen molar-refractivity contribution < 1.29 is 19.4 Å². The zero-order chi connectivity index (χ0) is 17.6. The van der Waals surface area contributed by atoms with Crippen molar-refractivity contribution >= 4 is 6.09 Å². The molecule has 1 N–H and O–H groups in total. The molecule has 3 fully saturated rings. The molecule has 0 bridgehead atoms. The van der Waals surface area contributed by atoms with E-state index in [2.05, 4.69) is 4.90 Å². The Hall–Kier alpha value is -0.850. The molecule has 6 heteroatoms. The number of amides is 1. The van der Waals surface area contributed by atoms with Crippen molar-refractivity contribution in [3.05, 3.63) is 0 Å². The number of carbonyl (C=O) groups excluding carboxylic acids is 1. The molecule has 0 aromatic heterocycles. The van der Waals surface area contributed by atoms with Gasteiger partial charge < -0.3 is 19.5 Å². The third-order valence-corrected chi connectivity index (χ3v) is 5.70. The molecule has 0 radical (unpaired) electrons. The predicted molar refractivity (Wildman–Crippen MR) is 90.9 cm³/mol. The van der Waals surface area contributed by atoms with Gasteiger partial charge in [0.2, 0.25) is 0 Å². The average molecular weight is 340 g/mol. The number of rotatable bonds is 4. The van der Waals surface area contributed by atoms with Crippen LogP contribution in [0.4, 0.5) is 4.79 Å². The molecule has 1 amide bonds. The fourth-order valence-electron chi connectivity index (χ4n) is 4.90. The molecule has 2 unspecified atom stereocenters. The lowest BCUT2D eigenvalue weighted by Gasteiger charge is -2.49. The van der Waals surface area contributed by atoms with Crippen LogP contribution < -0.4 is 0 Å². The second-order valence-corrected chi connectivity index (χ2v) is 9.00. The van der Waals surface area contributed by atoms with E-state index in [0.717, 1.165) is 32.4 Å². The topological polar surface area (TPSA) is 62.2 Å². The Kier molecular flexibility index (Phi) is 4.60. The van der Waals surface area contributed by atoms with E-state index in [0.29, 0.717) is 19.7 Å². The smallest absolute Gasteiger partial charge is 0.410 e. The molecule has 2 atom stereocenters. The van der Waals surface area contributed by atoms with E-state index < -0.39 is 11.2 Å². The molecule has 2 aliphatic heterocycles. The van der Waals surface area contributed by atoms with Crippen molar-refractivity contribution in [3.8, 4) is 0 Å². The molecule has 1 aliphatic carbocycles. The van der Waals surface area contributed by atoms with Crippen LogP contribution in [0.15, 0.2) is 0 Å². The number of hydrogen-bond donors (Lipinski definition) is 1. The van der Waals surface area contributed by atoms with E-state index in [-0.39, 0.29) is 17.6 Å². The van der Waals surface area contributed by atoms with Crippen molar-refractivity contribution in [3.63, 3.8) is 0 Å². The summed E-state index contributed by atoms with van der Waals surface area (Å²) < 4.78 is 10.7. The number of fused-ring (bicyclic) bond motifs is 1. The number of β-amino-alcohol motifs (C(OH)–C–C–N with tert-alkyl or cyclic N) is 1. The van der Waals surface area contributed by atoms with Gasteiger partial charge in [0.05, 0.1) is 6.61 Å². The summed E-state index contributed by atoms with van der Waals surface area (Å²) in [4.78, 5) is 16.8. The van der Waals surface area contributed by atoms with Crippen LogP contribution in [0, 0.1) is 5.41 Å². The molecular weight excluding hydrogens is 308 g/mol. The third-order valence-electron chi connectivity index (χ3n) is 5.70. The first-order valence-corrected chi connectivity index (χ1v) is 9.10. The van der Waals surface area contributed by atoms with Gasteiger partial charge in [-0.05, 0) is 40.0 Å². The molecular formula is C18H32N2O4. The van der Waals surface area contributed by atoms with Crippen LogP contribution in [0.2, 0.25) is 0 Å². The van der Waals surface area contributed by atoms with E-state index in [9.17, 15) is 9.90 Å². The Morgan fingerprint density at radius 1 is 1.29 bits per heavy atom. The molecule has 138 valence electrons. The lowest BCUT2D eigenvalue weighted by atomic mass is 9.79. The maximum Gasteiger partial charge on any atom is 0.410 e. The van der Waals surface area contributed by atoms with Crippen LogP contribution in [-0.4, -0.2) is 78.1 Å². The molecule has 0 spiro atoms. The minimum atomic E-state index is -0.692. The number of likely N-dealkylation sites (tertiary alicyclic amines) is 2. The number of hydrogen-bond acceptors (Lipinski definition) is 5. The fourth-order valence-corrected chi connectivity index (χ4v) is 4.90. The molecule has 2 heterocycles. The molecule has 3 rings (SSSR count). The summed E-state index contributed by atoms with van der Waals surface area (Å²) >= 11 is 0. The van der Waals surface area contributed by atoms with Crippen molar-refractivity contribution in [2.75, 3.05) is 39.9 Å². The van der Waals surface area contributed by atoms with Crippen molar-refractivity contribution in [1.82, 2.24) is 9.80 Å². The van der Waals surface area contributed by atoms with E-state index in [1.807, 2.05) is 25.7 Å². The minimum absolute atomic E-state index is 0.171. The Morgan fingerprint density at radius 2 is 2.00 bits per heavy atom.